The second-order valence-electron chi connectivity index (χ2n) is 13.8. The van der Waals surface area contributed by atoms with Crippen LogP contribution in [0, 0.1) is 116 Å². The van der Waals surface area contributed by atoms with Crippen molar-refractivity contribution in [3.63, 3.8) is 0 Å². The Morgan fingerprint density at radius 3 is 0.909 bits per heavy atom. The number of esters is 1. The van der Waals surface area contributed by atoms with Crippen LogP contribution in [-0.2, 0) is 11.3 Å². The normalized spacial score (nSPS) is 11.5. The molecule has 0 spiro atoms. The highest BCUT2D eigenvalue weighted by Gasteiger charge is 2.52. The van der Waals surface area contributed by atoms with Crippen LogP contribution in [-0.4, -0.2) is 24.0 Å². The van der Waals surface area contributed by atoms with E-state index in [0.29, 0.717) is 11.1 Å². The molecule has 0 bridgehead atoms. The number of rotatable bonds is 9. The van der Waals surface area contributed by atoms with Gasteiger partial charge >= 0.3 is 5.97 Å². The Kier molecular flexibility index (Phi) is 14.3. The van der Waals surface area contributed by atoms with Crippen molar-refractivity contribution >= 4 is 39.7 Å². The van der Waals surface area contributed by atoms with E-state index in [4.69, 9.17) is 4.74 Å². The molecular weight excluding hydrogens is 945 g/mol. The molecule has 1 heterocycles. The van der Waals surface area contributed by atoms with Crippen LogP contribution in [0.3, 0.4) is 0 Å². The summed E-state index contributed by atoms with van der Waals surface area (Å²) in [6.07, 6.45) is -3.70. The van der Waals surface area contributed by atoms with Gasteiger partial charge in [0.1, 0.15) is 52.7 Å². The first-order valence-electron chi connectivity index (χ1n) is 17.8. The van der Waals surface area contributed by atoms with E-state index in [2.05, 4.69) is 0 Å². The molecule has 348 valence electrons. The lowest BCUT2D eigenvalue weighted by Crippen LogP contribution is -2.81. The number of aromatic nitrogens is 1. The fourth-order valence-electron chi connectivity index (χ4n) is 6.75. The topological polar surface area (TPSA) is 47.3 Å². The van der Waals surface area contributed by atoms with E-state index in [1.54, 1.807) is 38.1 Å². The standard InChI is InChI=1S/C24BF20.C17H18NO3/c26-5-1(6(27)14(35)21(42)13(5)34)25(2-7(28)15(36)22(43)16(37)8(2)29,3-9(30)17(38)23(44)18(39)10(3)31)4-11(32)19(40)24(45)20(41)12(4)33;1-13(2)21-17(20)15-8-6-14(7-9-15)16(19)12-18-10-4-3-5-11-18/h;3-11,13H,12H2,1-2H3/q-1;+1. The number of ether oxygens (including phenoxy) is 1. The highest BCUT2D eigenvalue weighted by Crippen LogP contribution is 2.31. The summed E-state index contributed by atoms with van der Waals surface area (Å²) in [7, 11) is 0. The Hall–Kier alpha value is -6.95. The maximum atomic E-state index is 15.4. The number of Topliss-reactive ketones (excluding diaryl/α,β-unsaturated/α-hetero) is 1. The smallest absolute Gasteiger partial charge is 0.338 e. The summed E-state index contributed by atoms with van der Waals surface area (Å²) in [4.78, 5) is 23.9. The number of benzene rings is 5. The molecule has 0 N–H and O–H groups in total. The predicted molar refractivity (Wildman–Crippen MR) is 187 cm³/mol. The monoisotopic (exact) mass is 963 g/mol. The first-order chi connectivity index (χ1) is 30.8. The molecule has 0 saturated heterocycles. The number of carbonyl (C=O) groups excluding carboxylic acids is 2. The summed E-state index contributed by atoms with van der Waals surface area (Å²) < 4.78 is 301. The second kappa shape index (κ2) is 18.9. The summed E-state index contributed by atoms with van der Waals surface area (Å²) in [5, 5.41) is 0. The number of halogens is 20. The SMILES string of the molecule is CC(C)OC(=O)c1ccc(C(=O)C[n+]2ccccc2)cc1.Fc1c(F)c(F)c([B-](c2c(F)c(F)c(F)c(F)c2F)(c2c(F)c(F)c(F)c(F)c2F)c2c(F)c(F)c(F)c(F)c2F)c(F)c1F. The van der Waals surface area contributed by atoms with Crippen molar-refractivity contribution in [1.82, 2.24) is 0 Å². The Morgan fingerprint density at radius 2 is 0.652 bits per heavy atom. The maximum absolute atomic E-state index is 15.4. The van der Waals surface area contributed by atoms with E-state index in [9.17, 15) is 62.3 Å². The van der Waals surface area contributed by atoms with Crippen LogP contribution in [0.15, 0.2) is 54.9 Å². The van der Waals surface area contributed by atoms with Gasteiger partial charge in [0, 0.05) is 17.7 Å². The zero-order valence-corrected chi connectivity index (χ0v) is 32.3. The summed E-state index contributed by atoms with van der Waals surface area (Å²) >= 11 is 0. The van der Waals surface area contributed by atoms with Crippen molar-refractivity contribution in [3.05, 3.63) is 182 Å². The lowest BCUT2D eigenvalue weighted by Gasteiger charge is -2.44. The van der Waals surface area contributed by atoms with Crippen molar-refractivity contribution in [3.8, 4) is 0 Å². The number of pyridine rings is 1. The third-order valence-electron chi connectivity index (χ3n) is 9.60. The van der Waals surface area contributed by atoms with Crippen LogP contribution < -0.4 is 26.4 Å². The van der Waals surface area contributed by atoms with E-state index in [1.807, 2.05) is 35.2 Å². The van der Waals surface area contributed by atoms with E-state index in [-0.39, 0.29) is 24.4 Å². The quantitative estimate of drug-likeness (QED) is 0.0279. The fourth-order valence-corrected chi connectivity index (χ4v) is 6.75. The van der Waals surface area contributed by atoms with Gasteiger partial charge in [-0.3, -0.25) is 4.79 Å². The van der Waals surface area contributed by atoms with Gasteiger partial charge in [0.15, 0.2) is 82.2 Å². The molecule has 0 fully saturated rings. The van der Waals surface area contributed by atoms with Crippen molar-refractivity contribution < 1.29 is 107 Å². The van der Waals surface area contributed by atoms with E-state index >= 15 is 35.1 Å². The van der Waals surface area contributed by atoms with Crippen molar-refractivity contribution in [1.29, 1.82) is 0 Å². The van der Waals surface area contributed by atoms with Gasteiger partial charge in [0.2, 0.25) is 12.3 Å². The summed E-state index contributed by atoms with van der Waals surface area (Å²) in [6, 6.07) is 12.2. The molecule has 0 unspecified atom stereocenters. The molecular formula is C41H18BF20NO3. The molecule has 0 radical (unpaired) electrons. The molecule has 6 aromatic rings. The Bertz CT molecular complexity index is 2550. The molecule has 0 aliphatic carbocycles. The van der Waals surface area contributed by atoms with Crippen LogP contribution in [0.4, 0.5) is 87.8 Å². The Morgan fingerprint density at radius 1 is 0.409 bits per heavy atom. The van der Waals surface area contributed by atoms with Crippen LogP contribution >= 0.6 is 0 Å². The number of hydrogen-bond acceptors (Lipinski definition) is 3. The Labute approximate surface area is 355 Å². The number of carbonyl (C=O) groups is 2. The molecule has 25 heteroatoms. The van der Waals surface area contributed by atoms with E-state index in [1.165, 1.54) is 0 Å². The summed E-state index contributed by atoms with van der Waals surface area (Å²) in [5.41, 5.74) is -13.3. The lowest BCUT2D eigenvalue weighted by molar-refractivity contribution is -0.683. The third-order valence-corrected chi connectivity index (χ3v) is 9.60. The largest absolute Gasteiger partial charge is 0.459 e. The number of hydrogen-bond donors (Lipinski definition) is 0. The first-order valence-corrected chi connectivity index (χ1v) is 17.8. The molecule has 1 aromatic heterocycles. The Balaban J connectivity index is 0.000000324. The first kappa shape index (κ1) is 50.1. The molecule has 0 atom stereocenters. The van der Waals surface area contributed by atoms with Gasteiger partial charge in [-0.2, -0.15) is 4.57 Å². The minimum Gasteiger partial charge on any atom is -0.459 e. The number of nitrogens with zero attached hydrogens (tertiary/aromatic N) is 1. The van der Waals surface area contributed by atoms with Gasteiger partial charge < -0.3 is 4.74 Å². The fraction of sp³-hybridized carbons (Fsp3) is 0.0976. The van der Waals surface area contributed by atoms with Crippen LogP contribution in [0.2, 0.25) is 0 Å². The molecule has 4 nitrogen and oxygen atoms in total. The lowest BCUT2D eigenvalue weighted by atomic mass is 9.12. The molecule has 6 rings (SSSR count). The molecule has 66 heavy (non-hydrogen) atoms. The van der Waals surface area contributed by atoms with Crippen molar-refractivity contribution in [2.45, 2.75) is 26.5 Å². The van der Waals surface area contributed by atoms with Crippen LogP contribution in [0.1, 0.15) is 34.6 Å². The van der Waals surface area contributed by atoms with Gasteiger partial charge in [-0.25, -0.2) is 92.6 Å². The third kappa shape index (κ3) is 8.29. The summed E-state index contributed by atoms with van der Waals surface area (Å²) in [5.74, 6) is -71.8. The minimum atomic E-state index is -7.22. The zero-order chi connectivity index (χ0) is 49.6. The van der Waals surface area contributed by atoms with Crippen molar-refractivity contribution in [2.24, 2.45) is 0 Å². The molecule has 5 aromatic carbocycles. The second-order valence-corrected chi connectivity index (χ2v) is 13.8. The van der Waals surface area contributed by atoms with E-state index in [0.717, 1.165) is 0 Å². The average molecular weight is 963 g/mol. The number of ketones is 1. The molecule has 0 saturated carbocycles. The van der Waals surface area contributed by atoms with E-state index < -0.39 is 144 Å². The van der Waals surface area contributed by atoms with Gasteiger partial charge in [0.05, 0.1) is 11.7 Å². The van der Waals surface area contributed by atoms with Gasteiger partial charge in [0.25, 0.3) is 0 Å². The van der Waals surface area contributed by atoms with Gasteiger partial charge in [-0.05, 0) is 26.0 Å². The van der Waals surface area contributed by atoms with Crippen molar-refractivity contribution in [2.75, 3.05) is 0 Å². The van der Waals surface area contributed by atoms with Gasteiger partial charge in [-0.1, -0.05) is 18.2 Å². The highest BCUT2D eigenvalue weighted by molar-refractivity contribution is 7.20. The zero-order valence-electron chi connectivity index (χ0n) is 32.3. The molecule has 0 aliphatic rings. The average Bonchev–Trinajstić information content (AvgIpc) is 3.29. The molecule has 0 amide bonds. The summed E-state index contributed by atoms with van der Waals surface area (Å²) in [6.45, 7) is 3.87. The highest BCUT2D eigenvalue weighted by atomic mass is 19.2. The van der Waals surface area contributed by atoms with Crippen LogP contribution in [0.25, 0.3) is 0 Å². The minimum absolute atomic E-state index is 0.00465. The molecule has 0 aliphatic heterocycles. The van der Waals surface area contributed by atoms with Crippen LogP contribution in [0.5, 0.6) is 0 Å². The predicted octanol–water partition coefficient (Wildman–Crippen LogP) is 8.27. The maximum Gasteiger partial charge on any atom is 0.338 e. The van der Waals surface area contributed by atoms with Gasteiger partial charge in [-0.15, -0.1) is 21.9 Å².